The maximum atomic E-state index is 12.2. The van der Waals surface area contributed by atoms with Crippen LogP contribution in [0.2, 0.25) is 0 Å². The molecule has 118 valence electrons. The highest BCUT2D eigenvalue weighted by molar-refractivity contribution is 5.94. The Morgan fingerprint density at radius 3 is 2.96 bits per heavy atom. The van der Waals surface area contributed by atoms with E-state index in [1.807, 2.05) is 6.92 Å². The van der Waals surface area contributed by atoms with Crippen molar-refractivity contribution in [2.24, 2.45) is 0 Å². The largest absolute Gasteiger partial charge is 0.463 e. The summed E-state index contributed by atoms with van der Waals surface area (Å²) in [5, 5.41) is 6.73. The molecule has 2 N–H and O–H groups in total. The number of H-pyrrole nitrogens is 1. The molecular formula is C15H15N5O3. The summed E-state index contributed by atoms with van der Waals surface area (Å²) in [6.07, 6.45) is 4.50. The van der Waals surface area contributed by atoms with Crippen molar-refractivity contribution < 1.29 is 9.21 Å². The Hall–Kier alpha value is -3.16. The predicted molar refractivity (Wildman–Crippen MR) is 81.7 cm³/mol. The van der Waals surface area contributed by atoms with E-state index in [0.717, 1.165) is 0 Å². The van der Waals surface area contributed by atoms with E-state index in [4.69, 9.17) is 4.42 Å². The lowest BCUT2D eigenvalue weighted by atomic mass is 10.2. The Bertz CT molecular complexity index is 836. The lowest BCUT2D eigenvalue weighted by Gasteiger charge is -2.13. The highest BCUT2D eigenvalue weighted by atomic mass is 16.3. The molecule has 3 aromatic heterocycles. The molecule has 0 saturated heterocycles. The highest BCUT2D eigenvalue weighted by Gasteiger charge is 2.15. The van der Waals surface area contributed by atoms with Gasteiger partial charge < -0.3 is 14.7 Å². The second-order valence-electron chi connectivity index (χ2n) is 5.08. The van der Waals surface area contributed by atoms with Crippen LogP contribution in [0.15, 0.2) is 52.4 Å². The minimum Gasteiger partial charge on any atom is -0.463 e. The average molecular weight is 313 g/mol. The standard InChI is InChI=1S/C15H15N5O3/c1-10(7-20-9-16-8-17-20)18-14(21)11-4-5-12(19-15(11)22)13-3-2-6-23-13/h2-6,8-10H,7H2,1H3,(H,18,21)(H,19,22)/t10-/m1/s1. The fraction of sp³-hybridized carbons (Fsp3) is 0.200. The molecule has 0 aliphatic rings. The summed E-state index contributed by atoms with van der Waals surface area (Å²) < 4.78 is 6.82. The quantitative estimate of drug-likeness (QED) is 0.732. The van der Waals surface area contributed by atoms with Gasteiger partial charge in [0.2, 0.25) is 0 Å². The molecule has 3 aromatic rings. The Kier molecular flexibility index (Phi) is 4.05. The number of aromatic amines is 1. The van der Waals surface area contributed by atoms with Crippen LogP contribution in [0.3, 0.4) is 0 Å². The minimum absolute atomic E-state index is 0.0470. The van der Waals surface area contributed by atoms with Gasteiger partial charge >= 0.3 is 0 Å². The summed E-state index contributed by atoms with van der Waals surface area (Å²) in [7, 11) is 0. The fourth-order valence-corrected chi connectivity index (χ4v) is 2.18. The molecule has 1 atom stereocenters. The van der Waals surface area contributed by atoms with E-state index in [-0.39, 0.29) is 11.6 Å². The molecule has 0 radical (unpaired) electrons. The van der Waals surface area contributed by atoms with Gasteiger partial charge in [0, 0.05) is 6.04 Å². The molecule has 0 saturated carbocycles. The van der Waals surface area contributed by atoms with Crippen LogP contribution < -0.4 is 10.9 Å². The highest BCUT2D eigenvalue weighted by Crippen LogP contribution is 2.15. The summed E-state index contributed by atoms with van der Waals surface area (Å²) in [5.74, 6) is 0.0958. The number of nitrogens with one attached hydrogen (secondary N) is 2. The number of carbonyl (C=O) groups excluding carboxylic acids is 1. The van der Waals surface area contributed by atoms with Gasteiger partial charge in [-0.1, -0.05) is 0 Å². The van der Waals surface area contributed by atoms with E-state index < -0.39 is 11.5 Å². The van der Waals surface area contributed by atoms with Gasteiger partial charge in [0.25, 0.3) is 11.5 Å². The summed E-state index contributed by atoms with van der Waals surface area (Å²) in [6.45, 7) is 2.29. The Morgan fingerprint density at radius 1 is 1.43 bits per heavy atom. The average Bonchev–Trinajstić information content (AvgIpc) is 3.19. The normalized spacial score (nSPS) is 12.0. The lowest BCUT2D eigenvalue weighted by molar-refractivity contribution is 0.0934. The monoisotopic (exact) mass is 313 g/mol. The van der Waals surface area contributed by atoms with Crippen LogP contribution in [0.5, 0.6) is 0 Å². The van der Waals surface area contributed by atoms with Crippen molar-refractivity contribution >= 4 is 5.91 Å². The van der Waals surface area contributed by atoms with Gasteiger partial charge in [-0.15, -0.1) is 0 Å². The third kappa shape index (κ3) is 3.37. The number of amides is 1. The first-order valence-corrected chi connectivity index (χ1v) is 7.04. The molecule has 8 nitrogen and oxygen atoms in total. The number of carbonyl (C=O) groups is 1. The van der Waals surface area contributed by atoms with Crippen molar-refractivity contribution in [1.29, 1.82) is 0 Å². The van der Waals surface area contributed by atoms with Gasteiger partial charge in [0.1, 0.15) is 24.0 Å². The molecule has 0 bridgehead atoms. The maximum Gasteiger partial charge on any atom is 0.261 e. The third-order valence-electron chi connectivity index (χ3n) is 3.25. The van der Waals surface area contributed by atoms with Crippen LogP contribution in [-0.4, -0.2) is 31.7 Å². The minimum atomic E-state index is -0.468. The molecule has 3 heterocycles. The first-order valence-electron chi connectivity index (χ1n) is 7.04. The smallest absolute Gasteiger partial charge is 0.261 e. The van der Waals surface area contributed by atoms with Crippen molar-refractivity contribution in [3.63, 3.8) is 0 Å². The van der Waals surface area contributed by atoms with Crippen molar-refractivity contribution in [2.75, 3.05) is 0 Å². The van der Waals surface area contributed by atoms with Crippen LogP contribution in [0.4, 0.5) is 0 Å². The first-order chi connectivity index (χ1) is 11.1. The molecule has 0 fully saturated rings. The predicted octanol–water partition coefficient (Wildman–Crippen LogP) is 1.04. The van der Waals surface area contributed by atoms with E-state index in [2.05, 4.69) is 20.4 Å². The van der Waals surface area contributed by atoms with Crippen LogP contribution in [0.25, 0.3) is 11.5 Å². The lowest BCUT2D eigenvalue weighted by Crippen LogP contribution is -2.38. The van der Waals surface area contributed by atoms with Gasteiger partial charge in [-0.25, -0.2) is 4.98 Å². The zero-order chi connectivity index (χ0) is 16.2. The van der Waals surface area contributed by atoms with Crippen molar-refractivity contribution in [1.82, 2.24) is 25.1 Å². The van der Waals surface area contributed by atoms with Crippen LogP contribution >= 0.6 is 0 Å². The molecule has 0 aliphatic heterocycles. The zero-order valence-electron chi connectivity index (χ0n) is 12.4. The van der Waals surface area contributed by atoms with Gasteiger partial charge in [-0.2, -0.15) is 5.10 Å². The second-order valence-corrected chi connectivity index (χ2v) is 5.08. The summed E-state index contributed by atoms with van der Waals surface area (Å²) >= 11 is 0. The number of hydrogen-bond acceptors (Lipinski definition) is 5. The van der Waals surface area contributed by atoms with Gasteiger partial charge in [0.05, 0.1) is 18.5 Å². The molecule has 1 amide bonds. The molecule has 0 spiro atoms. The van der Waals surface area contributed by atoms with Crippen LogP contribution in [-0.2, 0) is 6.54 Å². The van der Waals surface area contributed by atoms with Crippen molar-refractivity contribution in [3.05, 3.63) is 59.1 Å². The summed E-state index contributed by atoms with van der Waals surface area (Å²) in [4.78, 5) is 30.8. The fourth-order valence-electron chi connectivity index (χ4n) is 2.18. The molecule has 0 aliphatic carbocycles. The number of furan rings is 1. The SMILES string of the molecule is C[C@H](Cn1cncn1)NC(=O)c1ccc(-c2ccco2)[nH]c1=O. The molecule has 0 unspecified atom stereocenters. The van der Waals surface area contributed by atoms with E-state index in [9.17, 15) is 9.59 Å². The first kappa shape index (κ1) is 14.8. The number of aromatic nitrogens is 4. The summed E-state index contributed by atoms with van der Waals surface area (Å²) in [5.41, 5.74) is 0.0994. The van der Waals surface area contributed by atoms with E-state index >= 15 is 0 Å². The Labute approximate surface area is 131 Å². The molecule has 0 aromatic carbocycles. The van der Waals surface area contributed by atoms with Crippen LogP contribution in [0, 0.1) is 0 Å². The molecule has 23 heavy (non-hydrogen) atoms. The molecule has 3 rings (SSSR count). The summed E-state index contributed by atoms with van der Waals surface area (Å²) in [6, 6.07) is 6.37. The van der Waals surface area contributed by atoms with E-state index in [0.29, 0.717) is 18.0 Å². The van der Waals surface area contributed by atoms with Crippen molar-refractivity contribution in [3.8, 4) is 11.5 Å². The maximum absolute atomic E-state index is 12.2. The Balaban J connectivity index is 1.71. The van der Waals surface area contributed by atoms with Gasteiger partial charge in [-0.05, 0) is 31.2 Å². The van der Waals surface area contributed by atoms with E-state index in [1.54, 1.807) is 29.2 Å². The number of pyridine rings is 1. The molecular weight excluding hydrogens is 298 g/mol. The third-order valence-corrected chi connectivity index (χ3v) is 3.25. The van der Waals surface area contributed by atoms with Crippen molar-refractivity contribution in [2.45, 2.75) is 19.5 Å². The second kappa shape index (κ2) is 6.30. The topological polar surface area (TPSA) is 106 Å². The van der Waals surface area contributed by atoms with E-state index in [1.165, 1.54) is 18.7 Å². The molecule has 8 heteroatoms. The van der Waals surface area contributed by atoms with Gasteiger partial charge in [0.15, 0.2) is 0 Å². The number of rotatable bonds is 5. The van der Waals surface area contributed by atoms with Gasteiger partial charge in [-0.3, -0.25) is 14.3 Å². The number of hydrogen-bond donors (Lipinski definition) is 2. The Morgan fingerprint density at radius 2 is 2.30 bits per heavy atom. The zero-order valence-corrected chi connectivity index (χ0v) is 12.4. The van der Waals surface area contributed by atoms with Crippen LogP contribution in [0.1, 0.15) is 17.3 Å². The number of nitrogens with zero attached hydrogens (tertiary/aromatic N) is 3.